The van der Waals surface area contributed by atoms with Crippen LogP contribution in [0.2, 0.25) is 0 Å². The average molecular weight is 393 g/mol. The van der Waals surface area contributed by atoms with Gasteiger partial charge in [-0.2, -0.15) is 0 Å². The van der Waals surface area contributed by atoms with Crippen molar-refractivity contribution in [1.29, 1.82) is 0 Å². The van der Waals surface area contributed by atoms with Gasteiger partial charge in [-0.25, -0.2) is 4.68 Å². The third-order valence-corrected chi connectivity index (χ3v) is 6.65. The molecule has 0 radical (unpaired) electrons. The summed E-state index contributed by atoms with van der Waals surface area (Å²) in [7, 11) is 0. The quantitative estimate of drug-likeness (QED) is 0.801. The van der Waals surface area contributed by atoms with Crippen molar-refractivity contribution in [3.05, 3.63) is 41.2 Å². The van der Waals surface area contributed by atoms with E-state index < -0.39 is 0 Å². The maximum absolute atomic E-state index is 13.1. The van der Waals surface area contributed by atoms with Crippen molar-refractivity contribution in [2.45, 2.75) is 51.5 Å². The van der Waals surface area contributed by atoms with Gasteiger partial charge in [-0.3, -0.25) is 9.59 Å². The Hall–Kier alpha value is -2.70. The van der Waals surface area contributed by atoms with Gasteiger partial charge in [0.15, 0.2) is 0 Å². The van der Waals surface area contributed by atoms with Crippen LogP contribution in [0, 0.1) is 19.8 Å². The van der Waals surface area contributed by atoms with Gasteiger partial charge in [0.1, 0.15) is 0 Å². The van der Waals surface area contributed by atoms with E-state index in [4.69, 9.17) is 0 Å². The second kappa shape index (κ2) is 6.97. The highest BCUT2D eigenvalue weighted by Crippen LogP contribution is 2.39. The normalized spacial score (nSPS) is 24.6. The fraction of sp³-hybridized carbons (Fsp3) is 0.545. The molecule has 3 aliphatic rings. The highest BCUT2D eigenvalue weighted by atomic mass is 16.2. The Labute approximate surface area is 170 Å². The molecule has 3 heterocycles. The van der Waals surface area contributed by atoms with Gasteiger partial charge in [-0.05, 0) is 56.4 Å². The molecule has 7 heteroatoms. The van der Waals surface area contributed by atoms with Crippen molar-refractivity contribution in [1.82, 2.24) is 19.9 Å². The summed E-state index contributed by atoms with van der Waals surface area (Å²) in [6.45, 7) is 5.95. The lowest BCUT2D eigenvalue weighted by Crippen LogP contribution is -2.36. The lowest BCUT2D eigenvalue weighted by molar-refractivity contribution is -0.134. The van der Waals surface area contributed by atoms with E-state index >= 15 is 0 Å². The molecule has 0 spiro atoms. The fourth-order valence-electron chi connectivity index (χ4n) is 4.47. The predicted molar refractivity (Wildman–Crippen MR) is 109 cm³/mol. The maximum atomic E-state index is 13.1. The Morgan fingerprint density at radius 3 is 2.69 bits per heavy atom. The van der Waals surface area contributed by atoms with Crippen LogP contribution in [0.1, 0.15) is 54.5 Å². The zero-order valence-electron chi connectivity index (χ0n) is 17.0. The third kappa shape index (κ3) is 3.43. The summed E-state index contributed by atoms with van der Waals surface area (Å²) in [5.41, 5.74) is 4.34. The first-order valence-corrected chi connectivity index (χ1v) is 10.6. The van der Waals surface area contributed by atoms with Crippen LogP contribution in [-0.4, -0.2) is 51.3 Å². The van der Waals surface area contributed by atoms with Gasteiger partial charge in [-0.15, -0.1) is 5.10 Å². The summed E-state index contributed by atoms with van der Waals surface area (Å²) < 4.78 is 1.93. The number of amides is 2. The van der Waals surface area contributed by atoms with E-state index in [1.165, 1.54) is 18.4 Å². The first kappa shape index (κ1) is 18.3. The summed E-state index contributed by atoms with van der Waals surface area (Å²) in [6.07, 6.45) is 5.65. The minimum atomic E-state index is -0.263. The van der Waals surface area contributed by atoms with Gasteiger partial charge >= 0.3 is 0 Å². The largest absolute Gasteiger partial charge is 0.340 e. The first-order valence-electron chi connectivity index (χ1n) is 10.6. The smallest absolute Gasteiger partial charge is 0.228 e. The van der Waals surface area contributed by atoms with Crippen molar-refractivity contribution in [3.63, 3.8) is 0 Å². The molecule has 29 heavy (non-hydrogen) atoms. The van der Waals surface area contributed by atoms with Gasteiger partial charge in [0.2, 0.25) is 11.8 Å². The van der Waals surface area contributed by atoms with Crippen molar-refractivity contribution in [2.24, 2.45) is 5.92 Å². The van der Waals surface area contributed by atoms with Gasteiger partial charge in [-0.1, -0.05) is 11.3 Å². The summed E-state index contributed by atoms with van der Waals surface area (Å²) in [5.74, 6) is 0.451. The van der Waals surface area contributed by atoms with Crippen LogP contribution in [0.3, 0.4) is 0 Å². The molecule has 2 aromatic rings. The zero-order valence-corrected chi connectivity index (χ0v) is 17.0. The van der Waals surface area contributed by atoms with Crippen LogP contribution < -0.4 is 4.90 Å². The van der Waals surface area contributed by atoms with Gasteiger partial charge < -0.3 is 9.80 Å². The number of aryl methyl sites for hydroxylation is 2. The highest BCUT2D eigenvalue weighted by Gasteiger charge is 2.39. The molecule has 0 N–H and O–H groups in total. The number of aromatic nitrogens is 3. The van der Waals surface area contributed by atoms with Crippen LogP contribution in [-0.2, 0) is 9.59 Å². The first-order chi connectivity index (χ1) is 14.0. The Morgan fingerprint density at radius 1 is 1.10 bits per heavy atom. The Bertz CT molecular complexity index is 964. The molecular weight excluding hydrogens is 366 g/mol. The Kier molecular flexibility index (Phi) is 4.41. The van der Waals surface area contributed by atoms with E-state index in [2.05, 4.69) is 23.4 Å². The van der Waals surface area contributed by atoms with E-state index in [0.29, 0.717) is 25.4 Å². The van der Waals surface area contributed by atoms with Crippen molar-refractivity contribution >= 4 is 17.5 Å². The highest BCUT2D eigenvalue weighted by molar-refractivity contribution is 6.00. The summed E-state index contributed by atoms with van der Waals surface area (Å²) in [6, 6.07) is 6.23. The summed E-state index contributed by atoms with van der Waals surface area (Å²) >= 11 is 0. The fourth-order valence-corrected chi connectivity index (χ4v) is 4.47. The molecular formula is C22H27N5O2. The lowest BCUT2D eigenvalue weighted by atomic mass is 10.1. The molecule has 0 bridgehead atoms. The zero-order chi connectivity index (χ0) is 20.1. The molecule has 1 aromatic heterocycles. The van der Waals surface area contributed by atoms with Crippen LogP contribution in [0.4, 0.5) is 5.69 Å². The number of anilines is 1. The number of benzene rings is 1. The number of carbonyl (C=O) groups excluding carboxylic acids is 2. The standard InChI is InChI=1S/C22H27N5O2/c1-14-3-6-18(9-15(14)2)26-11-17(10-21(26)28)22(29)25-8-7-19(12-25)27-13-20(23-24-27)16-4-5-16/h3,6,9,13,16-17,19H,4-5,7-8,10-12H2,1-2H3/t17-,19+/m0/s1. The molecule has 3 fully saturated rings. The molecule has 1 saturated carbocycles. The van der Waals surface area contributed by atoms with Crippen molar-refractivity contribution < 1.29 is 9.59 Å². The molecule has 5 rings (SSSR count). The SMILES string of the molecule is Cc1ccc(N2C[C@@H](C(=O)N3CC[C@@H](n4cc(C5CC5)nn4)C3)CC2=O)cc1C. The Balaban J connectivity index is 1.23. The third-order valence-electron chi connectivity index (χ3n) is 6.65. The topological polar surface area (TPSA) is 71.3 Å². The molecule has 2 saturated heterocycles. The maximum Gasteiger partial charge on any atom is 0.228 e. The van der Waals surface area contributed by atoms with Crippen LogP contribution in [0.15, 0.2) is 24.4 Å². The number of rotatable bonds is 4. The monoisotopic (exact) mass is 393 g/mol. The van der Waals surface area contributed by atoms with E-state index in [-0.39, 0.29) is 23.8 Å². The van der Waals surface area contributed by atoms with E-state index in [0.717, 1.165) is 29.9 Å². The predicted octanol–water partition coefficient (Wildman–Crippen LogP) is 2.60. The number of nitrogens with zero attached hydrogens (tertiary/aromatic N) is 5. The molecule has 1 aliphatic carbocycles. The molecule has 1 aromatic carbocycles. The van der Waals surface area contributed by atoms with Crippen LogP contribution in [0.5, 0.6) is 0 Å². The average Bonchev–Trinajstić information content (AvgIpc) is 3.10. The van der Waals surface area contributed by atoms with E-state index in [1.54, 1.807) is 4.90 Å². The second-order valence-corrected chi connectivity index (χ2v) is 8.80. The molecule has 0 unspecified atom stereocenters. The number of hydrogen-bond acceptors (Lipinski definition) is 4. The minimum absolute atomic E-state index is 0.0349. The summed E-state index contributed by atoms with van der Waals surface area (Å²) in [4.78, 5) is 29.4. The summed E-state index contributed by atoms with van der Waals surface area (Å²) in [5, 5.41) is 8.59. The number of likely N-dealkylation sites (tertiary alicyclic amines) is 1. The molecule has 152 valence electrons. The van der Waals surface area contributed by atoms with Crippen LogP contribution >= 0.6 is 0 Å². The molecule has 7 nitrogen and oxygen atoms in total. The minimum Gasteiger partial charge on any atom is -0.340 e. The molecule has 2 atom stereocenters. The van der Waals surface area contributed by atoms with Crippen molar-refractivity contribution in [2.75, 3.05) is 24.5 Å². The number of hydrogen-bond donors (Lipinski definition) is 0. The number of carbonyl (C=O) groups is 2. The van der Waals surface area contributed by atoms with E-state index in [1.807, 2.05) is 34.7 Å². The lowest BCUT2D eigenvalue weighted by Gasteiger charge is -2.21. The second-order valence-electron chi connectivity index (χ2n) is 8.80. The van der Waals surface area contributed by atoms with Crippen LogP contribution in [0.25, 0.3) is 0 Å². The van der Waals surface area contributed by atoms with Gasteiger partial charge in [0.05, 0.1) is 17.7 Å². The van der Waals surface area contributed by atoms with Crippen molar-refractivity contribution in [3.8, 4) is 0 Å². The molecule has 2 amide bonds. The molecule has 2 aliphatic heterocycles. The van der Waals surface area contributed by atoms with Gasteiger partial charge in [0, 0.05) is 43.9 Å². The Morgan fingerprint density at radius 2 is 1.93 bits per heavy atom. The van der Waals surface area contributed by atoms with E-state index in [9.17, 15) is 9.59 Å². The van der Waals surface area contributed by atoms with Gasteiger partial charge in [0.25, 0.3) is 0 Å².